The van der Waals surface area contributed by atoms with E-state index in [1.807, 2.05) is 6.07 Å². The van der Waals surface area contributed by atoms with E-state index in [0.717, 1.165) is 18.7 Å². The first-order valence-electron chi connectivity index (χ1n) is 5.57. The van der Waals surface area contributed by atoms with E-state index in [-0.39, 0.29) is 10.6 Å². The largest absolute Gasteiger partial charge is 0.301 e. The van der Waals surface area contributed by atoms with E-state index in [0.29, 0.717) is 5.41 Å². The number of hydrogen-bond donors (Lipinski definition) is 0. The van der Waals surface area contributed by atoms with Gasteiger partial charge in [-0.15, -0.1) is 0 Å². The first-order valence-corrected chi connectivity index (χ1v) is 5.57. The van der Waals surface area contributed by atoms with Crippen molar-refractivity contribution in [3.63, 3.8) is 0 Å². The van der Waals surface area contributed by atoms with Crippen molar-refractivity contribution in [3.8, 4) is 0 Å². The Labute approximate surface area is 94.0 Å². The van der Waals surface area contributed by atoms with Crippen LogP contribution in [-0.2, 0) is 12.0 Å². The van der Waals surface area contributed by atoms with Crippen molar-refractivity contribution in [2.45, 2.75) is 24.8 Å². The zero-order valence-electron chi connectivity index (χ0n) is 9.27. The zero-order valence-corrected chi connectivity index (χ0v) is 9.27. The second kappa shape index (κ2) is 3.04. The minimum atomic E-state index is -0.311. The second-order valence-corrected chi connectivity index (χ2v) is 5.05. The summed E-state index contributed by atoms with van der Waals surface area (Å²) in [6.45, 7) is 1.93. The molecular formula is C12H14N2O2. The van der Waals surface area contributed by atoms with E-state index >= 15 is 0 Å². The fourth-order valence-corrected chi connectivity index (χ4v) is 2.87. The van der Waals surface area contributed by atoms with Crippen LogP contribution in [-0.4, -0.2) is 23.4 Å². The fraction of sp³-hybridized carbons (Fsp3) is 0.500. The highest BCUT2D eigenvalue weighted by molar-refractivity contribution is 5.47. The normalized spacial score (nSPS) is 21.8. The molecule has 16 heavy (non-hydrogen) atoms. The fourth-order valence-electron chi connectivity index (χ4n) is 2.87. The molecule has 1 fully saturated rings. The first-order chi connectivity index (χ1) is 7.61. The van der Waals surface area contributed by atoms with Gasteiger partial charge < -0.3 is 4.90 Å². The third-order valence-corrected chi connectivity index (χ3v) is 3.74. The highest BCUT2D eigenvalue weighted by atomic mass is 16.6. The number of nitro benzene ring substituents is 1. The topological polar surface area (TPSA) is 46.4 Å². The number of non-ortho nitro benzene ring substituents is 1. The molecule has 1 aromatic carbocycles. The van der Waals surface area contributed by atoms with Gasteiger partial charge in [-0.25, -0.2) is 0 Å². The van der Waals surface area contributed by atoms with Gasteiger partial charge in [0.1, 0.15) is 0 Å². The molecule has 3 rings (SSSR count). The number of fused-ring (bicyclic) bond motifs is 2. The van der Waals surface area contributed by atoms with E-state index in [2.05, 4.69) is 11.9 Å². The number of likely N-dealkylation sites (N-methyl/N-ethyl adjacent to an activating group) is 1. The van der Waals surface area contributed by atoms with Crippen LogP contribution in [0.2, 0.25) is 0 Å². The molecule has 0 aromatic heterocycles. The van der Waals surface area contributed by atoms with Gasteiger partial charge in [-0.05, 0) is 31.0 Å². The van der Waals surface area contributed by atoms with Gasteiger partial charge in [0.05, 0.1) is 4.92 Å². The van der Waals surface area contributed by atoms with Crippen molar-refractivity contribution in [2.75, 3.05) is 13.6 Å². The lowest BCUT2D eigenvalue weighted by Crippen LogP contribution is -2.35. The lowest BCUT2D eigenvalue weighted by atomic mass is 9.87. The van der Waals surface area contributed by atoms with Gasteiger partial charge >= 0.3 is 0 Å². The average Bonchev–Trinajstić information content (AvgIpc) is 2.97. The molecule has 0 N–H and O–H groups in total. The Hall–Kier alpha value is -1.42. The molecule has 1 aliphatic carbocycles. The summed E-state index contributed by atoms with van der Waals surface area (Å²) < 4.78 is 0. The van der Waals surface area contributed by atoms with E-state index in [4.69, 9.17) is 0 Å². The third kappa shape index (κ3) is 1.33. The molecule has 2 aliphatic rings. The summed E-state index contributed by atoms with van der Waals surface area (Å²) in [5.74, 6) is 0. The Morgan fingerprint density at radius 1 is 1.44 bits per heavy atom. The van der Waals surface area contributed by atoms with E-state index in [1.54, 1.807) is 12.1 Å². The second-order valence-electron chi connectivity index (χ2n) is 5.05. The van der Waals surface area contributed by atoms with Gasteiger partial charge in [0, 0.05) is 30.6 Å². The molecule has 0 amide bonds. The summed E-state index contributed by atoms with van der Waals surface area (Å²) in [6, 6.07) is 5.35. The Balaban J connectivity index is 2.08. The quantitative estimate of drug-likeness (QED) is 0.535. The highest BCUT2D eigenvalue weighted by Gasteiger charge is 2.48. The van der Waals surface area contributed by atoms with Crippen LogP contribution in [0.15, 0.2) is 18.2 Å². The summed E-state index contributed by atoms with van der Waals surface area (Å²) in [5.41, 5.74) is 3.01. The van der Waals surface area contributed by atoms with Gasteiger partial charge in [-0.2, -0.15) is 0 Å². The number of benzene rings is 1. The molecule has 4 heteroatoms. The van der Waals surface area contributed by atoms with Gasteiger partial charge in [0.15, 0.2) is 0 Å². The van der Waals surface area contributed by atoms with Crippen LogP contribution in [0.3, 0.4) is 0 Å². The maximum absolute atomic E-state index is 10.7. The number of hydrogen-bond acceptors (Lipinski definition) is 3. The molecule has 84 valence electrons. The van der Waals surface area contributed by atoms with Crippen molar-refractivity contribution < 1.29 is 4.92 Å². The summed E-state index contributed by atoms with van der Waals surface area (Å²) in [7, 11) is 2.09. The molecule has 0 unspecified atom stereocenters. The van der Waals surface area contributed by atoms with Crippen LogP contribution >= 0.6 is 0 Å². The zero-order chi connectivity index (χ0) is 11.3. The van der Waals surface area contributed by atoms with E-state index < -0.39 is 0 Å². The summed E-state index contributed by atoms with van der Waals surface area (Å²) in [5, 5.41) is 10.7. The van der Waals surface area contributed by atoms with Gasteiger partial charge in [0.25, 0.3) is 5.69 Å². The monoisotopic (exact) mass is 218 g/mol. The SMILES string of the molecule is CN1Cc2cc([N+](=O)[O-])ccc2C2(CC2)C1. The number of rotatable bonds is 1. The number of nitrogens with zero attached hydrogens (tertiary/aromatic N) is 2. The Morgan fingerprint density at radius 2 is 2.19 bits per heavy atom. The molecule has 1 aliphatic heterocycles. The molecular weight excluding hydrogens is 204 g/mol. The van der Waals surface area contributed by atoms with Crippen LogP contribution in [0.4, 0.5) is 5.69 Å². The third-order valence-electron chi connectivity index (χ3n) is 3.74. The first kappa shape index (κ1) is 9.78. The van der Waals surface area contributed by atoms with Crippen LogP contribution in [0.25, 0.3) is 0 Å². The highest BCUT2D eigenvalue weighted by Crippen LogP contribution is 2.52. The molecule has 0 radical (unpaired) electrons. The molecule has 1 saturated carbocycles. The number of nitro groups is 1. The summed E-state index contributed by atoms with van der Waals surface area (Å²) >= 11 is 0. The lowest BCUT2D eigenvalue weighted by molar-refractivity contribution is -0.385. The minimum Gasteiger partial charge on any atom is -0.301 e. The molecule has 1 spiro atoms. The Kier molecular flexibility index (Phi) is 1.86. The van der Waals surface area contributed by atoms with Crippen LogP contribution in [0, 0.1) is 10.1 Å². The molecule has 0 atom stereocenters. The molecule has 1 heterocycles. The maximum atomic E-state index is 10.7. The van der Waals surface area contributed by atoms with Crippen molar-refractivity contribution in [1.82, 2.24) is 4.90 Å². The molecule has 0 bridgehead atoms. The van der Waals surface area contributed by atoms with Crippen molar-refractivity contribution in [2.24, 2.45) is 0 Å². The van der Waals surface area contributed by atoms with Crippen molar-refractivity contribution in [3.05, 3.63) is 39.4 Å². The van der Waals surface area contributed by atoms with Gasteiger partial charge in [-0.3, -0.25) is 10.1 Å². The van der Waals surface area contributed by atoms with Gasteiger partial charge in [-0.1, -0.05) is 6.07 Å². The maximum Gasteiger partial charge on any atom is 0.269 e. The smallest absolute Gasteiger partial charge is 0.269 e. The Morgan fingerprint density at radius 3 is 2.81 bits per heavy atom. The van der Waals surface area contributed by atoms with Crippen molar-refractivity contribution >= 4 is 5.69 Å². The van der Waals surface area contributed by atoms with E-state index in [1.165, 1.54) is 18.4 Å². The minimum absolute atomic E-state index is 0.213. The standard InChI is InChI=1S/C12H14N2O2/c1-13-7-9-6-10(14(15)16)2-3-11(9)12(8-13)4-5-12/h2-3,6H,4-5,7-8H2,1H3. The molecule has 0 saturated heterocycles. The molecule has 4 nitrogen and oxygen atoms in total. The van der Waals surface area contributed by atoms with Crippen LogP contribution < -0.4 is 0 Å². The summed E-state index contributed by atoms with van der Waals surface area (Å²) in [6.07, 6.45) is 2.45. The lowest BCUT2D eigenvalue weighted by Gasteiger charge is -2.32. The van der Waals surface area contributed by atoms with Crippen molar-refractivity contribution in [1.29, 1.82) is 0 Å². The summed E-state index contributed by atoms with van der Waals surface area (Å²) in [4.78, 5) is 12.7. The van der Waals surface area contributed by atoms with E-state index in [9.17, 15) is 10.1 Å². The average molecular weight is 218 g/mol. The Bertz CT molecular complexity index is 466. The van der Waals surface area contributed by atoms with Crippen LogP contribution in [0.5, 0.6) is 0 Å². The molecule has 1 aromatic rings. The van der Waals surface area contributed by atoms with Crippen LogP contribution in [0.1, 0.15) is 24.0 Å². The predicted octanol–water partition coefficient (Wildman–Crippen LogP) is 2.07. The predicted molar refractivity (Wildman–Crippen MR) is 60.3 cm³/mol. The van der Waals surface area contributed by atoms with Gasteiger partial charge in [0.2, 0.25) is 0 Å².